The lowest BCUT2D eigenvalue weighted by Gasteiger charge is -2.12. The highest BCUT2D eigenvalue weighted by Gasteiger charge is 2.12. The van der Waals surface area contributed by atoms with Crippen molar-refractivity contribution in [2.24, 2.45) is 0 Å². The van der Waals surface area contributed by atoms with Crippen molar-refractivity contribution in [3.05, 3.63) is 29.8 Å². The zero-order valence-corrected chi connectivity index (χ0v) is 14.6. The first-order valence-corrected chi connectivity index (χ1v) is 8.57. The minimum atomic E-state index is -0.399. The summed E-state index contributed by atoms with van der Waals surface area (Å²) in [5.74, 6) is -0.172. The summed E-state index contributed by atoms with van der Waals surface area (Å²) in [7, 11) is 0. The topological polar surface area (TPSA) is 76.7 Å². The molecular formula is C18H28N2O4. The van der Waals surface area contributed by atoms with Gasteiger partial charge in [-0.1, -0.05) is 38.3 Å². The highest BCUT2D eigenvalue weighted by atomic mass is 16.5. The molecule has 0 radical (unpaired) electrons. The molecule has 24 heavy (non-hydrogen) atoms. The first-order valence-electron chi connectivity index (χ1n) is 8.57. The van der Waals surface area contributed by atoms with Gasteiger partial charge >= 0.3 is 0 Å². The van der Waals surface area contributed by atoms with E-state index in [0.29, 0.717) is 31.1 Å². The average molecular weight is 336 g/mol. The van der Waals surface area contributed by atoms with Crippen LogP contribution in [0.2, 0.25) is 0 Å². The van der Waals surface area contributed by atoms with Crippen molar-refractivity contribution in [3.8, 4) is 5.75 Å². The first kappa shape index (κ1) is 20.0. The molecule has 0 aliphatic rings. The second kappa shape index (κ2) is 12.4. The number of nitrogens with one attached hydrogen (secondary N) is 2. The zero-order chi connectivity index (χ0) is 17.6. The van der Waals surface area contributed by atoms with Gasteiger partial charge in [0, 0.05) is 6.61 Å². The smallest absolute Gasteiger partial charge is 0.273 e. The Morgan fingerprint density at radius 3 is 2.54 bits per heavy atom. The largest absolute Gasteiger partial charge is 0.493 e. The Hall–Kier alpha value is -2.08. The summed E-state index contributed by atoms with van der Waals surface area (Å²) in [5.41, 5.74) is 5.18. The maximum Gasteiger partial charge on any atom is 0.273 e. The van der Waals surface area contributed by atoms with Gasteiger partial charge in [-0.15, -0.1) is 0 Å². The van der Waals surface area contributed by atoms with E-state index in [1.54, 1.807) is 18.2 Å². The molecule has 0 aromatic heterocycles. The third-order valence-corrected chi connectivity index (χ3v) is 3.38. The predicted octanol–water partition coefficient (Wildman–Crippen LogP) is 2.83. The van der Waals surface area contributed by atoms with Gasteiger partial charge in [-0.3, -0.25) is 20.4 Å². The van der Waals surface area contributed by atoms with Crippen LogP contribution in [0.3, 0.4) is 0 Å². The lowest BCUT2D eigenvalue weighted by Crippen LogP contribution is -2.42. The predicted molar refractivity (Wildman–Crippen MR) is 92.8 cm³/mol. The Morgan fingerprint density at radius 2 is 1.79 bits per heavy atom. The lowest BCUT2D eigenvalue weighted by atomic mass is 10.2. The molecule has 0 aliphatic heterocycles. The molecule has 2 N–H and O–H groups in total. The molecule has 1 aromatic rings. The maximum atomic E-state index is 12.2. The lowest BCUT2D eigenvalue weighted by molar-refractivity contribution is -0.122. The molecular weight excluding hydrogens is 308 g/mol. The zero-order valence-electron chi connectivity index (χ0n) is 14.6. The van der Waals surface area contributed by atoms with Crippen molar-refractivity contribution in [2.75, 3.05) is 19.8 Å². The normalized spacial score (nSPS) is 10.2. The molecule has 6 nitrogen and oxygen atoms in total. The van der Waals surface area contributed by atoms with E-state index >= 15 is 0 Å². The molecule has 6 heteroatoms. The van der Waals surface area contributed by atoms with Crippen LogP contribution in [0.25, 0.3) is 0 Å². The standard InChI is InChI=1S/C18H28N2O4/c1-3-5-6-9-13-24-16-11-8-7-10-15(16)18(22)20-19-17(21)12-14-23-4-2/h7-8,10-11H,3-6,9,12-14H2,1-2H3,(H,19,21)(H,20,22). The van der Waals surface area contributed by atoms with Gasteiger partial charge < -0.3 is 9.47 Å². The quantitative estimate of drug-likeness (QED) is 0.481. The van der Waals surface area contributed by atoms with Crippen LogP contribution in [0.15, 0.2) is 24.3 Å². The Labute approximate surface area is 143 Å². The number of benzene rings is 1. The van der Waals surface area contributed by atoms with Crippen LogP contribution in [0.1, 0.15) is 56.3 Å². The summed E-state index contributed by atoms with van der Waals surface area (Å²) in [6.45, 7) is 5.48. The molecule has 0 saturated carbocycles. The van der Waals surface area contributed by atoms with Crippen LogP contribution in [-0.4, -0.2) is 31.6 Å². The molecule has 0 heterocycles. The van der Waals surface area contributed by atoms with Crippen LogP contribution in [-0.2, 0) is 9.53 Å². The van der Waals surface area contributed by atoms with Crippen molar-refractivity contribution in [2.45, 2.75) is 46.0 Å². The molecule has 0 fully saturated rings. The summed E-state index contributed by atoms with van der Waals surface area (Å²) in [4.78, 5) is 23.8. The van der Waals surface area contributed by atoms with Gasteiger partial charge in [0.15, 0.2) is 0 Å². The highest BCUT2D eigenvalue weighted by Crippen LogP contribution is 2.18. The molecule has 0 aliphatic carbocycles. The van der Waals surface area contributed by atoms with Gasteiger partial charge in [0.05, 0.1) is 25.2 Å². The Bertz CT molecular complexity index is 506. The van der Waals surface area contributed by atoms with Gasteiger partial charge in [0.25, 0.3) is 5.91 Å². The van der Waals surface area contributed by atoms with Gasteiger partial charge in [0.2, 0.25) is 5.91 Å². The average Bonchev–Trinajstić information content (AvgIpc) is 2.60. The van der Waals surface area contributed by atoms with Crippen molar-refractivity contribution in [3.63, 3.8) is 0 Å². The summed E-state index contributed by atoms with van der Waals surface area (Å²) in [6.07, 6.45) is 4.61. The molecule has 0 spiro atoms. The van der Waals surface area contributed by atoms with E-state index in [2.05, 4.69) is 17.8 Å². The minimum absolute atomic E-state index is 0.198. The molecule has 0 atom stereocenters. The summed E-state index contributed by atoms with van der Waals surface area (Å²) >= 11 is 0. The SMILES string of the molecule is CCCCCCOc1ccccc1C(=O)NNC(=O)CCOCC. The maximum absolute atomic E-state index is 12.2. The number of carbonyl (C=O) groups is 2. The van der Waals surface area contributed by atoms with Crippen LogP contribution < -0.4 is 15.6 Å². The van der Waals surface area contributed by atoms with Gasteiger partial charge in [0.1, 0.15) is 5.75 Å². The highest BCUT2D eigenvalue weighted by molar-refractivity contribution is 5.97. The number of hydrogen-bond acceptors (Lipinski definition) is 4. The number of unbranched alkanes of at least 4 members (excludes halogenated alkanes) is 3. The number of hydrogen-bond donors (Lipinski definition) is 2. The van der Waals surface area contributed by atoms with E-state index in [4.69, 9.17) is 9.47 Å². The molecule has 0 unspecified atom stereocenters. The summed E-state index contributed by atoms with van der Waals surface area (Å²) < 4.78 is 10.8. The molecule has 134 valence electrons. The van der Waals surface area contributed by atoms with E-state index in [0.717, 1.165) is 12.8 Å². The van der Waals surface area contributed by atoms with Crippen LogP contribution in [0, 0.1) is 0 Å². The molecule has 0 bridgehead atoms. The number of amides is 2. The molecule has 2 amide bonds. The second-order valence-corrected chi connectivity index (χ2v) is 5.35. The Balaban J connectivity index is 2.44. The van der Waals surface area contributed by atoms with E-state index in [1.165, 1.54) is 12.8 Å². The third kappa shape index (κ3) is 7.97. The van der Waals surface area contributed by atoms with E-state index in [-0.39, 0.29) is 12.3 Å². The fourth-order valence-electron chi connectivity index (χ4n) is 2.06. The monoisotopic (exact) mass is 336 g/mol. The van der Waals surface area contributed by atoms with E-state index in [9.17, 15) is 9.59 Å². The van der Waals surface area contributed by atoms with Gasteiger partial charge in [-0.05, 0) is 25.5 Å². The van der Waals surface area contributed by atoms with Crippen LogP contribution in [0.5, 0.6) is 5.75 Å². The summed E-state index contributed by atoms with van der Waals surface area (Å²) in [5, 5.41) is 0. The first-order chi connectivity index (χ1) is 11.7. The van der Waals surface area contributed by atoms with E-state index < -0.39 is 5.91 Å². The van der Waals surface area contributed by atoms with Crippen LogP contribution in [0.4, 0.5) is 0 Å². The van der Waals surface area contributed by atoms with Crippen LogP contribution >= 0.6 is 0 Å². The van der Waals surface area contributed by atoms with E-state index in [1.807, 2.05) is 13.0 Å². The minimum Gasteiger partial charge on any atom is -0.493 e. The fourth-order valence-corrected chi connectivity index (χ4v) is 2.06. The van der Waals surface area contributed by atoms with Gasteiger partial charge in [-0.2, -0.15) is 0 Å². The number of carbonyl (C=O) groups excluding carboxylic acids is 2. The van der Waals surface area contributed by atoms with Crippen molar-refractivity contribution in [1.29, 1.82) is 0 Å². The third-order valence-electron chi connectivity index (χ3n) is 3.38. The van der Waals surface area contributed by atoms with Crippen molar-refractivity contribution < 1.29 is 19.1 Å². The number of ether oxygens (including phenoxy) is 2. The number of para-hydroxylation sites is 1. The molecule has 1 aromatic carbocycles. The second-order valence-electron chi connectivity index (χ2n) is 5.35. The molecule has 1 rings (SSSR count). The Morgan fingerprint density at radius 1 is 1.00 bits per heavy atom. The number of hydrazine groups is 1. The molecule has 0 saturated heterocycles. The number of rotatable bonds is 11. The Kier molecular flexibility index (Phi) is 10.3. The fraction of sp³-hybridized carbons (Fsp3) is 0.556. The van der Waals surface area contributed by atoms with Crippen molar-refractivity contribution in [1.82, 2.24) is 10.9 Å². The van der Waals surface area contributed by atoms with Crippen molar-refractivity contribution >= 4 is 11.8 Å². The van der Waals surface area contributed by atoms with Gasteiger partial charge in [-0.25, -0.2) is 0 Å². The summed E-state index contributed by atoms with van der Waals surface area (Å²) in [6, 6.07) is 7.00.